The third-order valence-electron chi connectivity index (χ3n) is 6.06. The molecule has 2 heterocycles. The molecule has 5 nitrogen and oxygen atoms in total. The zero-order valence-corrected chi connectivity index (χ0v) is 18.5. The lowest BCUT2D eigenvalue weighted by Crippen LogP contribution is -2.36. The number of benzene rings is 3. The van der Waals surface area contributed by atoms with E-state index in [-0.39, 0.29) is 11.8 Å². The van der Waals surface area contributed by atoms with E-state index in [1.54, 1.807) is 0 Å². The van der Waals surface area contributed by atoms with Crippen LogP contribution in [0.25, 0.3) is 10.8 Å². The number of ether oxygens (including phenoxy) is 1. The van der Waals surface area contributed by atoms with Crippen LogP contribution in [0.5, 0.6) is 0 Å². The van der Waals surface area contributed by atoms with E-state index in [0.29, 0.717) is 31.9 Å². The molecule has 1 fully saturated rings. The molecular weight excluding hydrogens is 410 g/mol. The molecule has 33 heavy (non-hydrogen) atoms. The van der Waals surface area contributed by atoms with Crippen molar-refractivity contribution in [3.63, 3.8) is 0 Å². The third kappa shape index (κ3) is 5.04. The number of carbonyl (C=O) groups excluding carboxylic acids is 1. The fourth-order valence-electron chi connectivity index (χ4n) is 4.41. The van der Waals surface area contributed by atoms with Crippen LogP contribution in [-0.4, -0.2) is 42.1 Å². The molecule has 1 aromatic heterocycles. The van der Waals surface area contributed by atoms with Gasteiger partial charge < -0.3 is 15.0 Å². The first kappa shape index (κ1) is 21.2. The van der Waals surface area contributed by atoms with Gasteiger partial charge in [-0.3, -0.25) is 9.78 Å². The molecule has 0 saturated carbocycles. The molecular formula is C28H27N3O2. The molecule has 1 aliphatic rings. The standard InChI is InChI=1S/C28H27N3O2/c32-28(26-8-4-5-9-27(26)30-25-6-2-1-3-7-25)31-14-15-33-20-22(19-31)16-21-10-11-23-12-13-29-18-24(23)17-21/h1-13,17-18,22,30H,14-16,19-20H2. The van der Waals surface area contributed by atoms with Crippen LogP contribution in [-0.2, 0) is 11.2 Å². The molecule has 1 N–H and O–H groups in total. The van der Waals surface area contributed by atoms with Crippen LogP contribution >= 0.6 is 0 Å². The maximum Gasteiger partial charge on any atom is 0.256 e. The lowest BCUT2D eigenvalue weighted by atomic mass is 9.97. The maximum atomic E-state index is 13.6. The Labute approximate surface area is 194 Å². The lowest BCUT2D eigenvalue weighted by molar-refractivity contribution is 0.0738. The van der Waals surface area contributed by atoms with Crippen LogP contribution in [0.15, 0.2) is 91.3 Å². The predicted molar refractivity (Wildman–Crippen MR) is 132 cm³/mol. The predicted octanol–water partition coefficient (Wildman–Crippen LogP) is 5.31. The fraction of sp³-hybridized carbons (Fsp3) is 0.214. The van der Waals surface area contributed by atoms with Crippen LogP contribution in [0.1, 0.15) is 15.9 Å². The molecule has 166 valence electrons. The summed E-state index contributed by atoms with van der Waals surface area (Å²) in [4.78, 5) is 19.7. The Balaban J connectivity index is 1.33. The Kier molecular flexibility index (Phi) is 6.31. The van der Waals surface area contributed by atoms with Gasteiger partial charge in [0.15, 0.2) is 0 Å². The number of aromatic nitrogens is 1. The summed E-state index contributed by atoms with van der Waals surface area (Å²) in [5.41, 5.74) is 3.70. The van der Waals surface area contributed by atoms with E-state index in [4.69, 9.17) is 4.74 Å². The molecule has 1 atom stereocenters. The molecule has 0 spiro atoms. The summed E-state index contributed by atoms with van der Waals surface area (Å²) in [5.74, 6) is 0.270. The summed E-state index contributed by atoms with van der Waals surface area (Å²) in [5, 5.41) is 5.71. The number of hydrogen-bond donors (Lipinski definition) is 1. The van der Waals surface area contributed by atoms with Crippen molar-refractivity contribution in [1.82, 2.24) is 9.88 Å². The van der Waals surface area contributed by atoms with Crippen molar-refractivity contribution in [1.29, 1.82) is 0 Å². The van der Waals surface area contributed by atoms with Crippen LogP contribution < -0.4 is 5.32 Å². The Morgan fingerprint density at radius 1 is 1.00 bits per heavy atom. The van der Waals surface area contributed by atoms with Crippen LogP contribution in [0.4, 0.5) is 11.4 Å². The molecule has 1 saturated heterocycles. The summed E-state index contributed by atoms with van der Waals surface area (Å²) in [6, 6.07) is 26.2. The van der Waals surface area contributed by atoms with Crippen molar-refractivity contribution in [3.05, 3.63) is 102 Å². The highest BCUT2D eigenvalue weighted by Crippen LogP contribution is 2.24. The van der Waals surface area contributed by atoms with Gasteiger partial charge in [-0.05, 0) is 53.8 Å². The molecule has 5 heteroatoms. The SMILES string of the molecule is O=C(c1ccccc1Nc1ccccc1)N1CCOCC(Cc2ccc3ccncc3c2)C1. The number of rotatable bonds is 5. The average molecular weight is 438 g/mol. The van der Waals surface area contributed by atoms with Gasteiger partial charge in [-0.1, -0.05) is 42.5 Å². The number of hydrogen-bond acceptors (Lipinski definition) is 4. The number of carbonyl (C=O) groups is 1. The first-order chi connectivity index (χ1) is 16.3. The minimum Gasteiger partial charge on any atom is -0.379 e. The Morgan fingerprint density at radius 2 is 1.85 bits per heavy atom. The second-order valence-corrected chi connectivity index (χ2v) is 8.49. The Hall–Kier alpha value is -3.70. The number of fused-ring (bicyclic) bond motifs is 1. The second kappa shape index (κ2) is 9.84. The van der Waals surface area contributed by atoms with Crippen LogP contribution in [0.2, 0.25) is 0 Å². The van der Waals surface area contributed by atoms with E-state index < -0.39 is 0 Å². The molecule has 5 rings (SSSR count). The number of nitrogens with zero attached hydrogens (tertiary/aromatic N) is 2. The highest BCUT2D eigenvalue weighted by Gasteiger charge is 2.25. The average Bonchev–Trinajstić information content (AvgIpc) is 3.10. The Morgan fingerprint density at radius 3 is 2.76 bits per heavy atom. The van der Waals surface area contributed by atoms with Gasteiger partial charge in [-0.15, -0.1) is 0 Å². The van der Waals surface area contributed by atoms with Gasteiger partial charge in [0.25, 0.3) is 5.91 Å². The van der Waals surface area contributed by atoms with Gasteiger partial charge in [0.05, 0.1) is 24.5 Å². The highest BCUT2D eigenvalue weighted by atomic mass is 16.5. The molecule has 1 aliphatic heterocycles. The van der Waals surface area contributed by atoms with Crippen molar-refractivity contribution in [2.45, 2.75) is 6.42 Å². The van der Waals surface area contributed by atoms with Gasteiger partial charge in [0.2, 0.25) is 0 Å². The van der Waals surface area contributed by atoms with E-state index in [2.05, 4.69) is 28.5 Å². The van der Waals surface area contributed by atoms with Gasteiger partial charge in [-0.2, -0.15) is 0 Å². The van der Waals surface area contributed by atoms with E-state index in [1.165, 1.54) is 10.9 Å². The second-order valence-electron chi connectivity index (χ2n) is 8.49. The summed E-state index contributed by atoms with van der Waals surface area (Å²) in [7, 11) is 0. The van der Waals surface area contributed by atoms with Gasteiger partial charge in [-0.25, -0.2) is 0 Å². The zero-order valence-electron chi connectivity index (χ0n) is 18.5. The lowest BCUT2D eigenvalue weighted by Gasteiger charge is -2.25. The highest BCUT2D eigenvalue weighted by molar-refractivity contribution is 6.00. The van der Waals surface area contributed by atoms with E-state index >= 15 is 0 Å². The smallest absolute Gasteiger partial charge is 0.256 e. The molecule has 0 bridgehead atoms. The first-order valence-corrected chi connectivity index (χ1v) is 11.4. The zero-order chi connectivity index (χ0) is 22.5. The van der Waals surface area contributed by atoms with E-state index in [9.17, 15) is 4.79 Å². The molecule has 1 amide bonds. The first-order valence-electron chi connectivity index (χ1n) is 11.4. The number of amides is 1. The van der Waals surface area contributed by atoms with Gasteiger partial charge in [0.1, 0.15) is 0 Å². The van der Waals surface area contributed by atoms with Crippen molar-refractivity contribution in [2.75, 3.05) is 31.6 Å². The fourth-order valence-corrected chi connectivity index (χ4v) is 4.41. The van der Waals surface area contributed by atoms with Crippen molar-refractivity contribution in [3.8, 4) is 0 Å². The molecule has 0 radical (unpaired) electrons. The molecule has 4 aromatic rings. The molecule has 3 aromatic carbocycles. The van der Waals surface area contributed by atoms with Gasteiger partial charge >= 0.3 is 0 Å². The minimum atomic E-state index is 0.0345. The largest absolute Gasteiger partial charge is 0.379 e. The molecule has 1 unspecified atom stereocenters. The van der Waals surface area contributed by atoms with Crippen molar-refractivity contribution < 1.29 is 9.53 Å². The maximum absolute atomic E-state index is 13.6. The topological polar surface area (TPSA) is 54.5 Å². The summed E-state index contributed by atoms with van der Waals surface area (Å²) in [6.45, 7) is 2.47. The number of anilines is 2. The summed E-state index contributed by atoms with van der Waals surface area (Å²) in [6.07, 6.45) is 4.57. The van der Waals surface area contributed by atoms with E-state index in [0.717, 1.165) is 23.2 Å². The number of nitrogens with one attached hydrogen (secondary N) is 1. The normalized spacial score (nSPS) is 16.4. The molecule has 0 aliphatic carbocycles. The minimum absolute atomic E-state index is 0.0345. The summed E-state index contributed by atoms with van der Waals surface area (Å²) >= 11 is 0. The van der Waals surface area contributed by atoms with Crippen molar-refractivity contribution in [2.24, 2.45) is 5.92 Å². The monoisotopic (exact) mass is 437 g/mol. The summed E-state index contributed by atoms with van der Waals surface area (Å²) < 4.78 is 5.89. The number of pyridine rings is 1. The third-order valence-corrected chi connectivity index (χ3v) is 6.06. The Bertz CT molecular complexity index is 1240. The number of para-hydroxylation sites is 2. The van der Waals surface area contributed by atoms with Crippen LogP contribution in [0, 0.1) is 5.92 Å². The van der Waals surface area contributed by atoms with Crippen LogP contribution in [0.3, 0.4) is 0 Å². The van der Waals surface area contributed by atoms with Gasteiger partial charge in [0, 0.05) is 42.5 Å². The van der Waals surface area contributed by atoms with Crippen molar-refractivity contribution >= 4 is 28.1 Å². The van der Waals surface area contributed by atoms with E-state index in [1.807, 2.05) is 78.0 Å². The quantitative estimate of drug-likeness (QED) is 0.460.